The van der Waals surface area contributed by atoms with Crippen molar-refractivity contribution >= 4 is 5.97 Å². The van der Waals surface area contributed by atoms with Crippen molar-refractivity contribution in [2.75, 3.05) is 0 Å². The molecular weight excluding hydrogens is 190 g/mol. The molecule has 0 spiro atoms. The number of carbonyl (C=O) groups is 1. The highest BCUT2D eigenvalue weighted by molar-refractivity contribution is 5.75. The molecule has 0 aromatic rings. The highest BCUT2D eigenvalue weighted by Crippen LogP contribution is 2.39. The second kappa shape index (κ2) is 4.12. The Hall–Kier alpha value is -0.570. The minimum absolute atomic E-state index is 0.193. The van der Waals surface area contributed by atoms with E-state index in [1.165, 1.54) is 25.7 Å². The van der Waals surface area contributed by atoms with Crippen molar-refractivity contribution in [3.63, 3.8) is 0 Å². The average Bonchev–Trinajstić information content (AvgIpc) is 2.78. The van der Waals surface area contributed by atoms with Crippen molar-refractivity contribution in [1.82, 2.24) is 5.32 Å². The van der Waals surface area contributed by atoms with Crippen LogP contribution in [0.1, 0.15) is 51.9 Å². The van der Waals surface area contributed by atoms with Gasteiger partial charge in [0.25, 0.3) is 0 Å². The Bertz CT molecular complexity index is 248. The number of rotatable bonds is 3. The summed E-state index contributed by atoms with van der Waals surface area (Å²) in [5.74, 6) is -0.629. The van der Waals surface area contributed by atoms with E-state index in [4.69, 9.17) is 0 Å². The van der Waals surface area contributed by atoms with Crippen LogP contribution >= 0.6 is 0 Å². The summed E-state index contributed by atoms with van der Waals surface area (Å²) in [6, 6.07) is 0.768. The molecule has 0 saturated heterocycles. The summed E-state index contributed by atoms with van der Waals surface area (Å²) in [5.41, 5.74) is -0.525. The fraction of sp³-hybridized carbons (Fsp3) is 0.917. The minimum Gasteiger partial charge on any atom is -0.481 e. The maximum Gasteiger partial charge on any atom is 0.310 e. The average molecular weight is 211 g/mol. The third kappa shape index (κ3) is 2.03. The monoisotopic (exact) mass is 211 g/mol. The van der Waals surface area contributed by atoms with E-state index in [0.717, 1.165) is 19.3 Å². The molecule has 2 aliphatic carbocycles. The Kier molecular flexibility index (Phi) is 3.01. The Balaban J connectivity index is 1.98. The van der Waals surface area contributed by atoms with Crippen LogP contribution in [-0.4, -0.2) is 23.2 Å². The lowest BCUT2D eigenvalue weighted by molar-refractivity contribution is -0.148. The van der Waals surface area contributed by atoms with Crippen molar-refractivity contribution in [3.05, 3.63) is 0 Å². The van der Waals surface area contributed by atoms with E-state index in [0.29, 0.717) is 6.04 Å². The highest BCUT2D eigenvalue weighted by atomic mass is 16.4. The zero-order chi connectivity index (χ0) is 10.9. The van der Waals surface area contributed by atoms with Gasteiger partial charge in [-0.1, -0.05) is 19.3 Å². The summed E-state index contributed by atoms with van der Waals surface area (Å²) < 4.78 is 0. The van der Waals surface area contributed by atoms with E-state index in [1.54, 1.807) is 0 Å². The molecule has 2 atom stereocenters. The van der Waals surface area contributed by atoms with Gasteiger partial charge in [-0.25, -0.2) is 0 Å². The predicted octanol–water partition coefficient (Wildman–Crippen LogP) is 2.16. The lowest BCUT2D eigenvalue weighted by Crippen LogP contribution is -2.47. The number of carboxylic acids is 1. The Morgan fingerprint density at radius 2 is 1.93 bits per heavy atom. The van der Waals surface area contributed by atoms with Gasteiger partial charge < -0.3 is 10.4 Å². The first-order valence-electron chi connectivity index (χ1n) is 6.12. The maximum absolute atomic E-state index is 11.3. The summed E-state index contributed by atoms with van der Waals surface area (Å²) >= 11 is 0. The van der Waals surface area contributed by atoms with Gasteiger partial charge >= 0.3 is 5.97 Å². The molecular formula is C12H21NO2. The third-order valence-corrected chi connectivity index (χ3v) is 4.24. The van der Waals surface area contributed by atoms with Crippen molar-refractivity contribution < 1.29 is 9.90 Å². The van der Waals surface area contributed by atoms with Crippen molar-refractivity contribution in [1.29, 1.82) is 0 Å². The first kappa shape index (κ1) is 10.9. The first-order valence-corrected chi connectivity index (χ1v) is 6.12. The summed E-state index contributed by atoms with van der Waals surface area (Å²) in [6.45, 7) is 1.90. The molecule has 0 aromatic carbocycles. The summed E-state index contributed by atoms with van der Waals surface area (Å²) in [7, 11) is 0. The van der Waals surface area contributed by atoms with Gasteiger partial charge in [-0.05, 0) is 32.6 Å². The zero-order valence-corrected chi connectivity index (χ0v) is 9.46. The quantitative estimate of drug-likeness (QED) is 0.752. The molecule has 2 rings (SSSR count). The fourth-order valence-electron chi connectivity index (χ4n) is 3.07. The maximum atomic E-state index is 11.3. The largest absolute Gasteiger partial charge is 0.481 e. The standard InChI is InChI=1S/C12H21NO2/c1-12(11(14)15)8-4-7-10(12)13-9-5-2-3-6-9/h9-10,13H,2-8H2,1H3,(H,14,15). The van der Waals surface area contributed by atoms with Crippen LogP contribution < -0.4 is 5.32 Å². The van der Waals surface area contributed by atoms with Gasteiger partial charge in [0.05, 0.1) is 5.41 Å². The number of carboxylic acid groups (broad SMARTS) is 1. The first-order chi connectivity index (χ1) is 7.13. The van der Waals surface area contributed by atoms with Crippen molar-refractivity contribution in [3.8, 4) is 0 Å². The van der Waals surface area contributed by atoms with E-state index < -0.39 is 11.4 Å². The summed E-state index contributed by atoms with van der Waals surface area (Å²) in [4.78, 5) is 11.3. The molecule has 0 bridgehead atoms. The number of nitrogens with one attached hydrogen (secondary N) is 1. The molecule has 0 aromatic heterocycles. The molecule has 0 amide bonds. The van der Waals surface area contributed by atoms with Crippen molar-refractivity contribution in [2.45, 2.75) is 64.0 Å². The SMILES string of the molecule is CC1(C(=O)O)CCCC1NC1CCCC1. The molecule has 2 unspecified atom stereocenters. The minimum atomic E-state index is -0.629. The fourth-order valence-corrected chi connectivity index (χ4v) is 3.07. The lowest BCUT2D eigenvalue weighted by atomic mass is 9.84. The van der Waals surface area contributed by atoms with E-state index in [-0.39, 0.29) is 6.04 Å². The molecule has 2 saturated carbocycles. The number of hydrogen-bond acceptors (Lipinski definition) is 2. The van der Waals surface area contributed by atoms with Crippen LogP contribution in [0.2, 0.25) is 0 Å². The molecule has 0 radical (unpaired) electrons. The topological polar surface area (TPSA) is 49.3 Å². The Morgan fingerprint density at radius 3 is 2.53 bits per heavy atom. The van der Waals surface area contributed by atoms with Gasteiger partial charge in [0.2, 0.25) is 0 Å². The van der Waals surface area contributed by atoms with Crippen LogP contribution in [0.5, 0.6) is 0 Å². The van der Waals surface area contributed by atoms with Gasteiger partial charge in [0.15, 0.2) is 0 Å². The molecule has 2 N–H and O–H groups in total. The molecule has 3 nitrogen and oxygen atoms in total. The van der Waals surface area contributed by atoms with Gasteiger partial charge in [-0.2, -0.15) is 0 Å². The zero-order valence-electron chi connectivity index (χ0n) is 9.46. The molecule has 0 aliphatic heterocycles. The van der Waals surface area contributed by atoms with Crippen LogP contribution in [-0.2, 0) is 4.79 Å². The second-order valence-electron chi connectivity index (χ2n) is 5.32. The third-order valence-electron chi connectivity index (χ3n) is 4.24. The lowest BCUT2D eigenvalue weighted by Gasteiger charge is -2.30. The van der Waals surface area contributed by atoms with Gasteiger partial charge in [-0.3, -0.25) is 4.79 Å². The summed E-state index contributed by atoms with van der Waals surface area (Å²) in [6.07, 6.45) is 7.96. The van der Waals surface area contributed by atoms with E-state index in [2.05, 4.69) is 5.32 Å². The Labute approximate surface area is 91.2 Å². The summed E-state index contributed by atoms with van der Waals surface area (Å²) in [5, 5.41) is 12.8. The van der Waals surface area contributed by atoms with Crippen LogP contribution in [0.25, 0.3) is 0 Å². The molecule has 0 heterocycles. The van der Waals surface area contributed by atoms with Crippen LogP contribution in [0.3, 0.4) is 0 Å². The predicted molar refractivity (Wildman–Crippen MR) is 58.8 cm³/mol. The van der Waals surface area contributed by atoms with E-state index >= 15 is 0 Å². The van der Waals surface area contributed by atoms with E-state index in [1.807, 2.05) is 6.92 Å². The van der Waals surface area contributed by atoms with Crippen LogP contribution in [0.15, 0.2) is 0 Å². The van der Waals surface area contributed by atoms with Crippen LogP contribution in [0.4, 0.5) is 0 Å². The molecule has 2 aliphatic rings. The van der Waals surface area contributed by atoms with Crippen LogP contribution in [0, 0.1) is 5.41 Å². The van der Waals surface area contributed by atoms with E-state index in [9.17, 15) is 9.90 Å². The highest BCUT2D eigenvalue weighted by Gasteiger charge is 2.45. The van der Waals surface area contributed by atoms with Gasteiger partial charge in [-0.15, -0.1) is 0 Å². The molecule has 3 heteroatoms. The smallest absolute Gasteiger partial charge is 0.310 e. The Morgan fingerprint density at radius 1 is 1.27 bits per heavy atom. The van der Waals surface area contributed by atoms with Gasteiger partial charge in [0.1, 0.15) is 0 Å². The normalized spacial score (nSPS) is 37.3. The molecule has 2 fully saturated rings. The number of aliphatic carboxylic acids is 1. The second-order valence-corrected chi connectivity index (χ2v) is 5.32. The van der Waals surface area contributed by atoms with Gasteiger partial charge in [0, 0.05) is 12.1 Å². The van der Waals surface area contributed by atoms with Crippen molar-refractivity contribution in [2.24, 2.45) is 5.41 Å². The number of hydrogen-bond donors (Lipinski definition) is 2. The molecule has 15 heavy (non-hydrogen) atoms. The molecule has 86 valence electrons.